The van der Waals surface area contributed by atoms with Gasteiger partial charge in [0.25, 0.3) is 0 Å². The Kier molecular flexibility index (Phi) is 8.31. The number of hydrogen-bond donors (Lipinski definition) is 2. The Hall–Kier alpha value is -3.22. The Morgan fingerprint density at radius 2 is 1.00 bits per heavy atom. The molecule has 0 atom stereocenters. The molecule has 0 saturated carbocycles. The van der Waals surface area contributed by atoms with Gasteiger partial charge in [0, 0.05) is 0 Å². The molecule has 0 aliphatic carbocycles. The third-order valence-corrected chi connectivity index (χ3v) is 3.47. The zero-order chi connectivity index (χ0) is 18.5. The Morgan fingerprint density at radius 3 is 1.36 bits per heavy atom. The molecule has 3 aromatic carbocycles. The van der Waals surface area contributed by atoms with Gasteiger partial charge < -0.3 is 19.7 Å². The summed E-state index contributed by atoms with van der Waals surface area (Å²) in [5, 5.41) is 18.1. The van der Waals surface area contributed by atoms with Gasteiger partial charge in [0.1, 0.15) is 11.5 Å². The number of carboxylic acid groups (broad SMARTS) is 2. The summed E-state index contributed by atoms with van der Waals surface area (Å²) in [5.74, 6) is -0.664. The maximum absolute atomic E-state index is 11.1. The van der Waals surface area contributed by atoms with E-state index in [4.69, 9.17) is 19.7 Å². The molecule has 0 radical (unpaired) electrons. The van der Waals surface area contributed by atoms with Gasteiger partial charge in [0.05, 0.1) is 11.1 Å². The topological polar surface area (TPSA) is 93.1 Å². The smallest absolute Gasteiger partial charge is 0.335 e. The van der Waals surface area contributed by atoms with Crippen LogP contribution in [-0.2, 0) is 0 Å². The lowest BCUT2D eigenvalue weighted by Crippen LogP contribution is -1.97. The Labute approximate surface area is 173 Å². The lowest BCUT2D eigenvalue weighted by Gasteiger charge is -2.12. The minimum atomic E-state index is -1.05. The van der Waals surface area contributed by atoms with Crippen LogP contribution in [0.15, 0.2) is 72.8 Å². The molecule has 3 aromatic rings. The summed E-state index contributed by atoms with van der Waals surface area (Å²) in [5.41, 5.74) is 0.213. The van der Waals surface area contributed by atoms with Gasteiger partial charge in [-0.1, -0.05) is 24.3 Å². The molecule has 6 nitrogen and oxygen atoms in total. The lowest BCUT2D eigenvalue weighted by atomic mass is 10.2. The molecule has 0 fully saturated rings. The highest BCUT2D eigenvalue weighted by Gasteiger charge is 2.10. The first-order valence-electron chi connectivity index (χ1n) is 7.64. The van der Waals surface area contributed by atoms with Crippen LogP contribution in [0.5, 0.6) is 23.0 Å². The summed E-state index contributed by atoms with van der Waals surface area (Å²) in [4.78, 5) is 22.1. The number of hydrogen-bond acceptors (Lipinski definition) is 4. The van der Waals surface area contributed by atoms with E-state index < -0.39 is 11.9 Å². The first-order valence-corrected chi connectivity index (χ1v) is 7.64. The maximum Gasteiger partial charge on any atom is 0.335 e. The van der Waals surface area contributed by atoms with Crippen molar-refractivity contribution in [2.24, 2.45) is 0 Å². The van der Waals surface area contributed by atoms with Crippen molar-refractivity contribution in [1.29, 1.82) is 0 Å². The molecular formula is C20H16Cl2O6. The summed E-state index contributed by atoms with van der Waals surface area (Å²) < 4.78 is 11.5. The van der Waals surface area contributed by atoms with Crippen molar-refractivity contribution in [3.8, 4) is 23.0 Å². The van der Waals surface area contributed by atoms with Crippen LogP contribution in [0.1, 0.15) is 20.7 Å². The normalized spacial score (nSPS) is 9.43. The van der Waals surface area contributed by atoms with E-state index in [-0.39, 0.29) is 35.9 Å². The molecule has 0 heterocycles. The van der Waals surface area contributed by atoms with Gasteiger partial charge in [0.15, 0.2) is 11.5 Å². The summed E-state index contributed by atoms with van der Waals surface area (Å²) >= 11 is 0. The van der Waals surface area contributed by atoms with E-state index in [0.29, 0.717) is 23.0 Å². The molecule has 0 saturated heterocycles. The average molecular weight is 423 g/mol. The number of para-hydroxylation sites is 2. The van der Waals surface area contributed by atoms with Crippen LogP contribution in [0, 0.1) is 0 Å². The summed E-state index contributed by atoms with van der Waals surface area (Å²) in [7, 11) is 0. The van der Waals surface area contributed by atoms with Gasteiger partial charge >= 0.3 is 11.9 Å². The standard InChI is InChI=1S/C20H14O6.2ClH/c21-19(22)13-5-3-7-15(11-13)25-17-9-1-2-10-18(17)26-16-8-4-6-14(12-16)20(23)24;;/h1-12H,(H,21,22)(H,23,24);2*1H. The van der Waals surface area contributed by atoms with Crippen molar-refractivity contribution >= 4 is 36.8 Å². The molecule has 0 aromatic heterocycles. The Bertz CT molecular complexity index is 896. The SMILES string of the molecule is Cl.Cl.O=C(O)c1cccc(Oc2ccccc2Oc2cccc(C(=O)O)c2)c1. The van der Waals surface area contributed by atoms with E-state index in [0.717, 1.165) is 0 Å². The van der Waals surface area contributed by atoms with Gasteiger partial charge in [-0.15, -0.1) is 24.8 Å². The highest BCUT2D eigenvalue weighted by atomic mass is 35.5. The summed E-state index contributed by atoms with van der Waals surface area (Å²) in [6.07, 6.45) is 0. The second-order valence-corrected chi connectivity index (χ2v) is 5.32. The quantitative estimate of drug-likeness (QED) is 0.543. The number of halogens is 2. The molecule has 28 heavy (non-hydrogen) atoms. The Morgan fingerprint density at radius 1 is 0.607 bits per heavy atom. The van der Waals surface area contributed by atoms with Crippen LogP contribution in [0.25, 0.3) is 0 Å². The minimum absolute atomic E-state index is 0. The van der Waals surface area contributed by atoms with Crippen LogP contribution >= 0.6 is 24.8 Å². The van der Waals surface area contributed by atoms with Crippen molar-refractivity contribution in [3.63, 3.8) is 0 Å². The second-order valence-electron chi connectivity index (χ2n) is 5.32. The van der Waals surface area contributed by atoms with Gasteiger partial charge in [-0.3, -0.25) is 0 Å². The number of aromatic carboxylic acids is 2. The molecule has 0 aliphatic rings. The third-order valence-electron chi connectivity index (χ3n) is 3.47. The number of benzene rings is 3. The van der Waals surface area contributed by atoms with E-state index in [1.54, 1.807) is 48.5 Å². The van der Waals surface area contributed by atoms with E-state index >= 15 is 0 Å². The molecule has 8 heteroatoms. The summed E-state index contributed by atoms with van der Waals surface area (Å²) in [6, 6.07) is 19.0. The van der Waals surface area contributed by atoms with Gasteiger partial charge in [0.2, 0.25) is 0 Å². The van der Waals surface area contributed by atoms with E-state index in [1.165, 1.54) is 24.3 Å². The maximum atomic E-state index is 11.1. The highest BCUT2D eigenvalue weighted by Crippen LogP contribution is 2.34. The first kappa shape index (κ1) is 22.8. The van der Waals surface area contributed by atoms with E-state index in [9.17, 15) is 9.59 Å². The summed E-state index contributed by atoms with van der Waals surface area (Å²) in [6.45, 7) is 0. The van der Waals surface area contributed by atoms with Crippen molar-refractivity contribution in [3.05, 3.63) is 83.9 Å². The largest absolute Gasteiger partial charge is 0.478 e. The molecule has 146 valence electrons. The second kappa shape index (κ2) is 10.2. The van der Waals surface area contributed by atoms with Crippen molar-refractivity contribution < 1.29 is 29.3 Å². The van der Waals surface area contributed by atoms with Crippen LogP contribution in [0.3, 0.4) is 0 Å². The van der Waals surface area contributed by atoms with Gasteiger partial charge in [-0.05, 0) is 48.5 Å². The number of carboxylic acids is 2. The zero-order valence-electron chi connectivity index (χ0n) is 14.3. The molecule has 0 spiro atoms. The van der Waals surface area contributed by atoms with Crippen LogP contribution < -0.4 is 9.47 Å². The predicted molar refractivity (Wildman–Crippen MR) is 108 cm³/mol. The molecule has 0 aliphatic heterocycles. The fourth-order valence-electron chi connectivity index (χ4n) is 2.26. The van der Waals surface area contributed by atoms with Crippen LogP contribution in [0.4, 0.5) is 0 Å². The molecular weight excluding hydrogens is 407 g/mol. The average Bonchev–Trinajstić information content (AvgIpc) is 2.64. The monoisotopic (exact) mass is 422 g/mol. The number of ether oxygens (including phenoxy) is 2. The van der Waals surface area contributed by atoms with Crippen molar-refractivity contribution in [2.45, 2.75) is 0 Å². The Balaban J connectivity index is 0.00000196. The molecule has 3 rings (SSSR count). The molecule has 0 bridgehead atoms. The fraction of sp³-hybridized carbons (Fsp3) is 0. The van der Waals surface area contributed by atoms with Gasteiger partial charge in [-0.2, -0.15) is 0 Å². The first-order chi connectivity index (χ1) is 12.5. The van der Waals surface area contributed by atoms with Crippen LogP contribution in [-0.4, -0.2) is 22.2 Å². The number of carbonyl (C=O) groups is 2. The molecule has 0 amide bonds. The minimum Gasteiger partial charge on any atom is -0.478 e. The predicted octanol–water partition coefficient (Wildman–Crippen LogP) is 5.51. The zero-order valence-corrected chi connectivity index (χ0v) is 15.9. The van der Waals surface area contributed by atoms with Crippen molar-refractivity contribution in [1.82, 2.24) is 0 Å². The molecule has 2 N–H and O–H groups in total. The van der Waals surface area contributed by atoms with Gasteiger partial charge in [-0.25, -0.2) is 9.59 Å². The highest BCUT2D eigenvalue weighted by molar-refractivity contribution is 5.88. The van der Waals surface area contributed by atoms with E-state index in [1.807, 2.05) is 0 Å². The molecule has 0 unspecified atom stereocenters. The lowest BCUT2D eigenvalue weighted by molar-refractivity contribution is 0.0685. The number of rotatable bonds is 6. The van der Waals surface area contributed by atoms with Crippen LogP contribution in [0.2, 0.25) is 0 Å². The van der Waals surface area contributed by atoms with Crippen molar-refractivity contribution in [2.75, 3.05) is 0 Å². The fourth-order valence-corrected chi connectivity index (χ4v) is 2.26. The van der Waals surface area contributed by atoms with E-state index in [2.05, 4.69) is 0 Å². The third kappa shape index (κ3) is 5.64.